The van der Waals surface area contributed by atoms with E-state index in [2.05, 4.69) is 16.3 Å². The molecule has 1 fully saturated rings. The Hall–Kier alpha value is -1.55. The molecule has 4 heteroatoms. The molecule has 0 bridgehead atoms. The summed E-state index contributed by atoms with van der Waals surface area (Å²) in [6.45, 7) is 4.12. The molecule has 2 rings (SSSR count). The van der Waals surface area contributed by atoms with Crippen LogP contribution in [0.5, 0.6) is 0 Å². The van der Waals surface area contributed by atoms with Crippen LogP contribution in [0.25, 0.3) is 0 Å². The number of aliphatic hydroxyl groups is 1. The van der Waals surface area contributed by atoms with Crippen molar-refractivity contribution < 1.29 is 9.90 Å². The first kappa shape index (κ1) is 13.9. The van der Waals surface area contributed by atoms with E-state index in [0.29, 0.717) is 6.54 Å². The van der Waals surface area contributed by atoms with Crippen molar-refractivity contribution in [3.8, 4) is 0 Å². The molecular formula is C15H22N2O2. The summed E-state index contributed by atoms with van der Waals surface area (Å²) in [4.78, 5) is 13.8. The van der Waals surface area contributed by atoms with Crippen LogP contribution in [0.15, 0.2) is 24.3 Å². The van der Waals surface area contributed by atoms with Gasteiger partial charge >= 0.3 is 0 Å². The van der Waals surface area contributed by atoms with E-state index in [0.717, 1.165) is 18.7 Å². The standard InChI is InChI=1S/C15H22N2O2/c1-12(18)15(19)16-11-13-7-3-4-8-14(13)17-9-5-2-6-10-17/h3-4,7-8,12,18H,2,5-6,9-11H2,1H3,(H,16,19). The fraction of sp³-hybridized carbons (Fsp3) is 0.533. The van der Waals surface area contributed by atoms with E-state index in [9.17, 15) is 9.90 Å². The molecule has 0 aromatic heterocycles. The lowest BCUT2D eigenvalue weighted by Crippen LogP contribution is -2.34. The van der Waals surface area contributed by atoms with Gasteiger partial charge in [-0.25, -0.2) is 0 Å². The number of hydrogen-bond acceptors (Lipinski definition) is 3. The molecule has 1 atom stereocenters. The number of hydrogen-bond donors (Lipinski definition) is 2. The van der Waals surface area contributed by atoms with Crippen molar-refractivity contribution in [2.75, 3.05) is 18.0 Å². The highest BCUT2D eigenvalue weighted by Gasteiger charge is 2.15. The zero-order valence-corrected chi connectivity index (χ0v) is 11.4. The lowest BCUT2D eigenvalue weighted by atomic mass is 10.1. The normalized spacial score (nSPS) is 17.1. The summed E-state index contributed by atoms with van der Waals surface area (Å²) in [6, 6.07) is 8.16. The Morgan fingerprint density at radius 2 is 2.00 bits per heavy atom. The first-order valence-corrected chi connectivity index (χ1v) is 6.97. The van der Waals surface area contributed by atoms with Crippen LogP contribution in [-0.4, -0.2) is 30.2 Å². The highest BCUT2D eigenvalue weighted by atomic mass is 16.3. The number of amides is 1. The van der Waals surface area contributed by atoms with Gasteiger partial charge in [0.15, 0.2) is 0 Å². The number of nitrogens with one attached hydrogen (secondary N) is 1. The fourth-order valence-electron chi connectivity index (χ4n) is 2.43. The average molecular weight is 262 g/mol. The van der Waals surface area contributed by atoms with Crippen molar-refractivity contribution in [3.63, 3.8) is 0 Å². The Morgan fingerprint density at radius 1 is 1.32 bits per heavy atom. The van der Waals surface area contributed by atoms with Crippen LogP contribution >= 0.6 is 0 Å². The number of carbonyl (C=O) groups is 1. The van der Waals surface area contributed by atoms with Gasteiger partial charge in [0.25, 0.3) is 0 Å². The topological polar surface area (TPSA) is 52.6 Å². The molecule has 2 N–H and O–H groups in total. The average Bonchev–Trinajstić information content (AvgIpc) is 2.46. The van der Waals surface area contributed by atoms with Gasteiger partial charge < -0.3 is 15.3 Å². The van der Waals surface area contributed by atoms with Gasteiger partial charge in [-0.2, -0.15) is 0 Å². The van der Waals surface area contributed by atoms with Gasteiger partial charge in [0.1, 0.15) is 6.10 Å². The smallest absolute Gasteiger partial charge is 0.248 e. The number of piperidine rings is 1. The molecule has 0 spiro atoms. The third-order valence-corrected chi connectivity index (χ3v) is 3.52. The van der Waals surface area contributed by atoms with Crippen LogP contribution in [-0.2, 0) is 11.3 Å². The minimum Gasteiger partial charge on any atom is -0.384 e. The lowest BCUT2D eigenvalue weighted by molar-refractivity contribution is -0.128. The molecule has 1 unspecified atom stereocenters. The fourth-order valence-corrected chi connectivity index (χ4v) is 2.43. The molecule has 0 radical (unpaired) electrons. The summed E-state index contributed by atoms with van der Waals surface area (Å²) >= 11 is 0. The van der Waals surface area contributed by atoms with Crippen molar-refractivity contribution in [1.82, 2.24) is 5.32 Å². The van der Waals surface area contributed by atoms with Gasteiger partial charge in [-0.15, -0.1) is 0 Å². The summed E-state index contributed by atoms with van der Waals surface area (Å²) in [5.41, 5.74) is 2.31. The zero-order valence-electron chi connectivity index (χ0n) is 11.4. The summed E-state index contributed by atoms with van der Waals surface area (Å²) in [5, 5.41) is 12.0. The maximum absolute atomic E-state index is 11.4. The molecule has 1 heterocycles. The molecule has 19 heavy (non-hydrogen) atoms. The molecule has 0 aliphatic carbocycles. The van der Waals surface area contributed by atoms with E-state index in [1.54, 1.807) is 0 Å². The number of rotatable bonds is 4. The highest BCUT2D eigenvalue weighted by molar-refractivity contribution is 5.80. The van der Waals surface area contributed by atoms with E-state index in [1.807, 2.05) is 18.2 Å². The monoisotopic (exact) mass is 262 g/mol. The Bertz CT molecular complexity index is 426. The third kappa shape index (κ3) is 3.70. The number of benzene rings is 1. The van der Waals surface area contributed by atoms with Crippen LogP contribution in [0.3, 0.4) is 0 Å². The second-order valence-electron chi connectivity index (χ2n) is 5.07. The number of nitrogens with zero attached hydrogens (tertiary/aromatic N) is 1. The summed E-state index contributed by atoms with van der Waals surface area (Å²) in [5.74, 6) is -0.326. The first-order chi connectivity index (χ1) is 9.18. The maximum Gasteiger partial charge on any atom is 0.248 e. The molecule has 4 nitrogen and oxygen atoms in total. The molecule has 1 aliphatic rings. The molecule has 1 aliphatic heterocycles. The van der Waals surface area contributed by atoms with Gasteiger partial charge in [-0.1, -0.05) is 18.2 Å². The minimum absolute atomic E-state index is 0.326. The third-order valence-electron chi connectivity index (χ3n) is 3.52. The quantitative estimate of drug-likeness (QED) is 0.868. The number of aliphatic hydroxyl groups excluding tert-OH is 1. The Labute approximate surface area is 114 Å². The van der Waals surface area contributed by atoms with Crippen molar-refractivity contribution in [1.29, 1.82) is 0 Å². The van der Waals surface area contributed by atoms with E-state index < -0.39 is 6.10 Å². The second kappa shape index (κ2) is 6.57. The van der Waals surface area contributed by atoms with Gasteiger partial charge in [0.2, 0.25) is 5.91 Å². The van der Waals surface area contributed by atoms with Crippen molar-refractivity contribution in [3.05, 3.63) is 29.8 Å². The van der Waals surface area contributed by atoms with E-state index >= 15 is 0 Å². The van der Waals surface area contributed by atoms with Crippen molar-refractivity contribution in [2.45, 2.75) is 38.8 Å². The minimum atomic E-state index is -0.956. The molecular weight excluding hydrogens is 240 g/mol. The highest BCUT2D eigenvalue weighted by Crippen LogP contribution is 2.23. The van der Waals surface area contributed by atoms with E-state index in [1.165, 1.54) is 31.9 Å². The molecule has 1 amide bonds. The number of para-hydroxylation sites is 1. The SMILES string of the molecule is CC(O)C(=O)NCc1ccccc1N1CCCCC1. The van der Waals surface area contributed by atoms with Gasteiger partial charge in [0.05, 0.1) is 0 Å². The summed E-state index contributed by atoms with van der Waals surface area (Å²) < 4.78 is 0. The molecule has 1 saturated heterocycles. The predicted molar refractivity (Wildman–Crippen MR) is 76.0 cm³/mol. The van der Waals surface area contributed by atoms with Gasteiger partial charge in [-0.3, -0.25) is 4.79 Å². The Morgan fingerprint density at radius 3 is 2.68 bits per heavy atom. The van der Waals surface area contributed by atoms with Crippen molar-refractivity contribution >= 4 is 11.6 Å². The van der Waals surface area contributed by atoms with Crippen LogP contribution in [0, 0.1) is 0 Å². The maximum atomic E-state index is 11.4. The first-order valence-electron chi connectivity index (χ1n) is 6.97. The largest absolute Gasteiger partial charge is 0.384 e. The van der Waals surface area contributed by atoms with E-state index in [4.69, 9.17) is 0 Å². The van der Waals surface area contributed by atoms with Crippen LogP contribution < -0.4 is 10.2 Å². The number of anilines is 1. The van der Waals surface area contributed by atoms with Gasteiger partial charge in [-0.05, 0) is 37.8 Å². The lowest BCUT2D eigenvalue weighted by Gasteiger charge is -2.30. The Balaban J connectivity index is 2.05. The van der Waals surface area contributed by atoms with Crippen molar-refractivity contribution in [2.24, 2.45) is 0 Å². The van der Waals surface area contributed by atoms with E-state index in [-0.39, 0.29) is 5.91 Å². The van der Waals surface area contributed by atoms with Crippen LogP contribution in [0.1, 0.15) is 31.7 Å². The number of carbonyl (C=O) groups excluding carboxylic acids is 1. The van der Waals surface area contributed by atoms with Crippen LogP contribution in [0.4, 0.5) is 5.69 Å². The Kier molecular flexibility index (Phi) is 4.80. The summed E-state index contributed by atoms with van der Waals surface area (Å²) in [6.07, 6.45) is 2.81. The predicted octanol–water partition coefficient (Wildman–Crippen LogP) is 1.67. The molecule has 1 aromatic rings. The summed E-state index contributed by atoms with van der Waals surface area (Å²) in [7, 11) is 0. The molecule has 1 aromatic carbocycles. The molecule has 0 saturated carbocycles. The molecule has 104 valence electrons. The second-order valence-corrected chi connectivity index (χ2v) is 5.07. The zero-order chi connectivity index (χ0) is 13.7. The van der Waals surface area contributed by atoms with Gasteiger partial charge in [0, 0.05) is 25.3 Å². The van der Waals surface area contributed by atoms with Crippen LogP contribution in [0.2, 0.25) is 0 Å².